The third-order valence-corrected chi connectivity index (χ3v) is 7.97. The fraction of sp³-hybridized carbons (Fsp3) is 0.483. The van der Waals surface area contributed by atoms with E-state index in [2.05, 4.69) is 41.0 Å². The molecule has 0 spiro atoms. The number of fused-ring (bicyclic) bond motifs is 1. The van der Waals surface area contributed by atoms with Gasteiger partial charge in [0.2, 0.25) is 5.91 Å². The zero-order valence-electron chi connectivity index (χ0n) is 22.2. The molecule has 3 unspecified atom stereocenters. The van der Waals surface area contributed by atoms with E-state index in [-0.39, 0.29) is 18.1 Å². The Bertz CT molecular complexity index is 1220. The van der Waals surface area contributed by atoms with Gasteiger partial charge in [-0.05, 0) is 48.7 Å². The van der Waals surface area contributed by atoms with E-state index in [0.29, 0.717) is 32.2 Å². The minimum Gasteiger partial charge on any atom is -0.486 e. The molecule has 0 aliphatic carbocycles. The predicted octanol–water partition coefficient (Wildman–Crippen LogP) is 2.19. The lowest BCUT2D eigenvalue weighted by atomic mass is 9.96. The van der Waals surface area contributed by atoms with Crippen LogP contribution in [0.4, 0.5) is 0 Å². The maximum absolute atomic E-state index is 13.3. The maximum atomic E-state index is 13.3. The molecule has 2 aromatic heterocycles. The van der Waals surface area contributed by atoms with Crippen LogP contribution in [0.3, 0.4) is 0 Å². The number of hydrogen-bond donors (Lipinski definition) is 2. The van der Waals surface area contributed by atoms with Crippen LogP contribution >= 0.6 is 0 Å². The molecule has 0 bridgehead atoms. The van der Waals surface area contributed by atoms with E-state index in [1.54, 1.807) is 0 Å². The summed E-state index contributed by atoms with van der Waals surface area (Å²) in [4.78, 5) is 26.8. The SMILES string of the molecule is O=C(CC1CN(Cc2cccnc2)CCN1C1CCNC(n2ccnc2)C1)NCc1ccc2c(c1)OCCO2. The molecule has 10 nitrogen and oxygen atoms in total. The van der Waals surface area contributed by atoms with Crippen LogP contribution < -0.4 is 20.1 Å². The number of rotatable bonds is 8. The van der Waals surface area contributed by atoms with Gasteiger partial charge in [-0.15, -0.1) is 0 Å². The molecule has 3 atom stereocenters. The van der Waals surface area contributed by atoms with Crippen molar-refractivity contribution in [2.45, 2.75) is 50.6 Å². The van der Waals surface area contributed by atoms with Gasteiger partial charge < -0.3 is 19.4 Å². The second-order valence-electron chi connectivity index (χ2n) is 10.6. The van der Waals surface area contributed by atoms with E-state index >= 15 is 0 Å². The second-order valence-corrected chi connectivity index (χ2v) is 10.6. The monoisotopic (exact) mass is 531 g/mol. The largest absolute Gasteiger partial charge is 0.486 e. The van der Waals surface area contributed by atoms with Crippen molar-refractivity contribution in [1.29, 1.82) is 0 Å². The zero-order chi connectivity index (χ0) is 26.4. The number of nitrogens with zero attached hydrogens (tertiary/aromatic N) is 5. The van der Waals surface area contributed by atoms with Crippen molar-refractivity contribution in [3.8, 4) is 11.5 Å². The molecular weight excluding hydrogens is 494 g/mol. The van der Waals surface area contributed by atoms with Crippen LogP contribution in [0.25, 0.3) is 0 Å². The lowest BCUT2D eigenvalue weighted by Crippen LogP contribution is -2.59. The molecule has 2 N–H and O–H groups in total. The van der Waals surface area contributed by atoms with Crippen molar-refractivity contribution >= 4 is 5.91 Å². The first-order valence-electron chi connectivity index (χ1n) is 13.9. The number of carbonyl (C=O) groups excluding carboxylic acids is 1. The van der Waals surface area contributed by atoms with Gasteiger partial charge in [-0.25, -0.2) is 4.98 Å². The fourth-order valence-corrected chi connectivity index (χ4v) is 6.03. The van der Waals surface area contributed by atoms with Crippen LogP contribution in [0, 0.1) is 0 Å². The van der Waals surface area contributed by atoms with Crippen molar-refractivity contribution in [2.24, 2.45) is 0 Å². The Hall–Kier alpha value is -3.47. The number of imidazole rings is 1. The highest BCUT2D eigenvalue weighted by atomic mass is 16.6. The molecule has 3 aromatic rings. The Morgan fingerprint density at radius 2 is 2.00 bits per heavy atom. The third kappa shape index (κ3) is 6.41. The smallest absolute Gasteiger partial charge is 0.221 e. The lowest BCUT2D eigenvalue weighted by molar-refractivity contribution is -0.123. The maximum Gasteiger partial charge on any atom is 0.221 e. The highest BCUT2D eigenvalue weighted by molar-refractivity contribution is 5.76. The Morgan fingerprint density at radius 3 is 2.85 bits per heavy atom. The van der Waals surface area contributed by atoms with E-state index in [0.717, 1.165) is 62.6 Å². The summed E-state index contributed by atoms with van der Waals surface area (Å²) in [5.41, 5.74) is 2.21. The number of amides is 1. The molecule has 39 heavy (non-hydrogen) atoms. The first-order valence-corrected chi connectivity index (χ1v) is 13.9. The molecule has 10 heteroatoms. The average molecular weight is 532 g/mol. The first-order chi connectivity index (χ1) is 19.2. The summed E-state index contributed by atoms with van der Waals surface area (Å²) in [7, 11) is 0. The van der Waals surface area contributed by atoms with Gasteiger partial charge in [0.25, 0.3) is 0 Å². The minimum atomic E-state index is 0.0724. The molecule has 2 fully saturated rings. The van der Waals surface area contributed by atoms with E-state index in [1.807, 2.05) is 55.4 Å². The predicted molar refractivity (Wildman–Crippen MR) is 146 cm³/mol. The molecule has 1 amide bonds. The molecule has 206 valence electrons. The molecule has 6 rings (SSSR count). The summed E-state index contributed by atoms with van der Waals surface area (Å²) >= 11 is 0. The Morgan fingerprint density at radius 1 is 1.08 bits per heavy atom. The van der Waals surface area contributed by atoms with Crippen molar-refractivity contribution < 1.29 is 14.3 Å². The van der Waals surface area contributed by atoms with Crippen LogP contribution in [0.1, 0.15) is 36.6 Å². The van der Waals surface area contributed by atoms with Crippen LogP contribution in [0.2, 0.25) is 0 Å². The number of nitrogens with one attached hydrogen (secondary N) is 2. The van der Waals surface area contributed by atoms with Gasteiger partial charge in [0.15, 0.2) is 11.5 Å². The summed E-state index contributed by atoms with van der Waals surface area (Å²) in [6.07, 6.45) is 12.2. The highest BCUT2D eigenvalue weighted by Crippen LogP contribution is 2.31. The lowest BCUT2D eigenvalue weighted by Gasteiger charge is -2.47. The van der Waals surface area contributed by atoms with Gasteiger partial charge in [-0.2, -0.15) is 0 Å². The fourth-order valence-electron chi connectivity index (χ4n) is 6.03. The Balaban J connectivity index is 1.12. The zero-order valence-corrected chi connectivity index (χ0v) is 22.2. The standard InChI is InChI=1S/C29H37N7O3/c37-29(33-18-22-3-4-26-27(14-22)39-13-12-38-26)16-25-20-34(19-23-2-1-6-30-17-23)10-11-36(25)24-5-7-32-28(15-24)35-9-8-31-21-35/h1-4,6,8-9,14,17,21,24-25,28,32H,5,7,10-13,15-16,18-20H2,(H,33,37). The molecular formula is C29H37N7O3. The average Bonchev–Trinajstić information content (AvgIpc) is 3.52. The van der Waals surface area contributed by atoms with Crippen LogP contribution in [0.15, 0.2) is 61.4 Å². The summed E-state index contributed by atoms with van der Waals surface area (Å²) in [5.74, 6) is 1.58. The van der Waals surface area contributed by atoms with Crippen molar-refractivity contribution in [3.05, 3.63) is 72.6 Å². The van der Waals surface area contributed by atoms with Gasteiger partial charge in [-0.3, -0.25) is 24.9 Å². The number of pyridine rings is 1. The van der Waals surface area contributed by atoms with Crippen molar-refractivity contribution in [1.82, 2.24) is 35.0 Å². The van der Waals surface area contributed by atoms with Crippen molar-refractivity contribution in [2.75, 3.05) is 39.4 Å². The summed E-state index contributed by atoms with van der Waals surface area (Å²) < 4.78 is 13.5. The van der Waals surface area contributed by atoms with Crippen molar-refractivity contribution in [3.63, 3.8) is 0 Å². The number of carbonyl (C=O) groups is 1. The molecule has 0 saturated carbocycles. The number of aromatic nitrogens is 3. The van der Waals surface area contributed by atoms with Gasteiger partial charge in [-0.1, -0.05) is 12.1 Å². The topological polar surface area (TPSA) is 96.8 Å². The number of hydrogen-bond acceptors (Lipinski definition) is 8. The molecule has 2 saturated heterocycles. The minimum absolute atomic E-state index is 0.0724. The van der Waals surface area contributed by atoms with E-state index in [1.165, 1.54) is 5.56 Å². The van der Waals surface area contributed by atoms with Gasteiger partial charge >= 0.3 is 0 Å². The molecule has 1 aromatic carbocycles. The van der Waals surface area contributed by atoms with Gasteiger partial charge in [0, 0.05) is 76.0 Å². The van der Waals surface area contributed by atoms with E-state index in [9.17, 15) is 4.79 Å². The second kappa shape index (κ2) is 12.1. The van der Waals surface area contributed by atoms with E-state index < -0.39 is 0 Å². The third-order valence-electron chi connectivity index (χ3n) is 7.97. The Labute approximate surface area is 229 Å². The summed E-state index contributed by atoms with van der Waals surface area (Å²) in [5, 5.41) is 6.79. The van der Waals surface area contributed by atoms with Gasteiger partial charge in [0.05, 0.1) is 12.5 Å². The first kappa shape index (κ1) is 25.8. The Kier molecular flexibility index (Phi) is 8.03. The molecule has 3 aliphatic heterocycles. The summed E-state index contributed by atoms with van der Waals surface area (Å²) in [6.45, 7) is 6.16. The van der Waals surface area contributed by atoms with E-state index in [4.69, 9.17) is 9.47 Å². The van der Waals surface area contributed by atoms with Crippen LogP contribution in [-0.4, -0.2) is 81.7 Å². The number of piperidine rings is 1. The molecule has 3 aliphatic rings. The quantitative estimate of drug-likeness (QED) is 0.457. The number of benzene rings is 1. The normalized spacial score (nSPS) is 23.8. The highest BCUT2D eigenvalue weighted by Gasteiger charge is 2.36. The molecule has 0 radical (unpaired) electrons. The molecule has 5 heterocycles. The summed E-state index contributed by atoms with van der Waals surface area (Å²) in [6, 6.07) is 10.5. The number of ether oxygens (including phenoxy) is 2. The number of piperazine rings is 1. The van der Waals surface area contributed by atoms with Crippen LogP contribution in [0.5, 0.6) is 11.5 Å². The van der Waals surface area contributed by atoms with Gasteiger partial charge in [0.1, 0.15) is 13.2 Å². The van der Waals surface area contributed by atoms with Crippen LogP contribution in [-0.2, 0) is 17.9 Å².